The van der Waals surface area contributed by atoms with Gasteiger partial charge >= 0.3 is 0 Å². The number of aliphatic hydroxyl groups is 1. The molecule has 0 bridgehead atoms. The van der Waals surface area contributed by atoms with Gasteiger partial charge in [-0.15, -0.1) is 0 Å². The Morgan fingerprint density at radius 2 is 2.10 bits per heavy atom. The molecule has 3 atom stereocenters. The predicted octanol–water partition coefficient (Wildman–Crippen LogP) is 4.48. The summed E-state index contributed by atoms with van der Waals surface area (Å²) in [4.78, 5) is 4.34. The molecule has 0 radical (unpaired) electrons. The molecule has 2 aromatic rings. The van der Waals surface area contributed by atoms with Crippen molar-refractivity contribution in [3.8, 4) is 0 Å². The number of hydrogen-bond acceptors (Lipinski definition) is 2. The van der Waals surface area contributed by atoms with E-state index in [4.69, 9.17) is 0 Å². The molecule has 0 saturated heterocycles. The number of nitrogens with zero attached hydrogens (tertiary/aromatic N) is 1. The second-order valence-corrected chi connectivity index (χ2v) is 6.02. The number of hydrogen-bond donors (Lipinski definition) is 1. The van der Waals surface area contributed by atoms with Gasteiger partial charge in [0, 0.05) is 11.6 Å². The first-order valence-corrected chi connectivity index (χ1v) is 7.82. The van der Waals surface area contributed by atoms with Crippen LogP contribution in [-0.4, -0.2) is 10.1 Å². The zero-order valence-electron chi connectivity index (χ0n) is 12.1. The Bertz CT molecular complexity index is 580. The van der Waals surface area contributed by atoms with Crippen LogP contribution in [0.3, 0.4) is 0 Å². The molecule has 0 amide bonds. The van der Waals surface area contributed by atoms with Crippen LogP contribution < -0.4 is 0 Å². The summed E-state index contributed by atoms with van der Waals surface area (Å²) in [6.07, 6.45) is 7.67. The molecule has 2 heteroatoms. The van der Waals surface area contributed by atoms with E-state index < -0.39 is 0 Å². The largest absolute Gasteiger partial charge is 0.388 e. The Kier molecular flexibility index (Phi) is 4.02. The molecule has 2 nitrogen and oxygen atoms in total. The van der Waals surface area contributed by atoms with Crippen molar-refractivity contribution in [1.82, 2.24) is 4.98 Å². The van der Waals surface area contributed by atoms with Crippen molar-refractivity contribution in [2.45, 2.75) is 45.1 Å². The molecule has 0 aliphatic heterocycles. The zero-order valence-corrected chi connectivity index (χ0v) is 12.1. The van der Waals surface area contributed by atoms with Gasteiger partial charge in [-0.3, -0.25) is 4.98 Å². The summed E-state index contributed by atoms with van der Waals surface area (Å²) in [6.45, 7) is 2.25. The van der Waals surface area contributed by atoms with E-state index in [0.717, 1.165) is 22.9 Å². The van der Waals surface area contributed by atoms with Crippen LogP contribution in [-0.2, 0) is 0 Å². The van der Waals surface area contributed by atoms with Crippen LogP contribution in [0.25, 0.3) is 10.9 Å². The average Bonchev–Trinajstić information content (AvgIpc) is 2.53. The van der Waals surface area contributed by atoms with Crippen LogP contribution in [0.1, 0.15) is 50.7 Å². The molecule has 1 saturated carbocycles. The van der Waals surface area contributed by atoms with Gasteiger partial charge < -0.3 is 5.11 Å². The van der Waals surface area contributed by atoms with E-state index in [1.165, 1.54) is 25.7 Å². The van der Waals surface area contributed by atoms with Gasteiger partial charge in [-0.1, -0.05) is 44.7 Å². The monoisotopic (exact) mass is 269 g/mol. The molecule has 1 aromatic carbocycles. The molecule has 1 heterocycles. The van der Waals surface area contributed by atoms with Gasteiger partial charge in [0.1, 0.15) is 0 Å². The fraction of sp³-hybridized carbons (Fsp3) is 0.500. The highest BCUT2D eigenvalue weighted by Gasteiger charge is 2.30. The van der Waals surface area contributed by atoms with Gasteiger partial charge in [-0.25, -0.2) is 0 Å². The van der Waals surface area contributed by atoms with E-state index in [0.29, 0.717) is 11.8 Å². The maximum absolute atomic E-state index is 10.8. The first-order valence-electron chi connectivity index (χ1n) is 7.82. The average molecular weight is 269 g/mol. The number of fused-ring (bicyclic) bond motifs is 1. The summed E-state index contributed by atoms with van der Waals surface area (Å²) in [7, 11) is 0. The van der Waals surface area contributed by atoms with Gasteiger partial charge in [0.2, 0.25) is 0 Å². The van der Waals surface area contributed by atoms with Crippen LogP contribution in [0.2, 0.25) is 0 Å². The smallest absolute Gasteiger partial charge is 0.0821 e. The Morgan fingerprint density at radius 1 is 1.25 bits per heavy atom. The lowest BCUT2D eigenvalue weighted by atomic mass is 9.73. The minimum Gasteiger partial charge on any atom is -0.388 e. The normalized spacial score (nSPS) is 24.7. The third-order valence-electron chi connectivity index (χ3n) is 4.87. The number of benzene rings is 1. The van der Waals surface area contributed by atoms with Crippen molar-refractivity contribution in [1.29, 1.82) is 0 Å². The summed E-state index contributed by atoms with van der Waals surface area (Å²) >= 11 is 0. The van der Waals surface area contributed by atoms with E-state index in [1.54, 1.807) is 0 Å². The first kappa shape index (κ1) is 13.6. The number of aliphatic hydroxyl groups excluding tert-OH is 1. The minimum absolute atomic E-state index is 0.329. The van der Waals surface area contributed by atoms with E-state index in [2.05, 4.69) is 24.0 Å². The van der Waals surface area contributed by atoms with E-state index in [-0.39, 0.29) is 6.10 Å². The summed E-state index contributed by atoms with van der Waals surface area (Å²) in [5, 5.41) is 11.9. The van der Waals surface area contributed by atoms with Crippen LogP contribution in [0, 0.1) is 11.8 Å². The van der Waals surface area contributed by atoms with E-state index >= 15 is 0 Å². The lowest BCUT2D eigenvalue weighted by Gasteiger charge is -2.34. The molecule has 3 rings (SSSR count). The van der Waals surface area contributed by atoms with E-state index in [9.17, 15) is 5.11 Å². The zero-order chi connectivity index (χ0) is 13.9. The number of pyridine rings is 1. The lowest BCUT2D eigenvalue weighted by molar-refractivity contribution is 0.0453. The second kappa shape index (κ2) is 5.92. The molecule has 1 aliphatic carbocycles. The van der Waals surface area contributed by atoms with Crippen LogP contribution in [0.5, 0.6) is 0 Å². The van der Waals surface area contributed by atoms with E-state index in [1.807, 2.05) is 24.4 Å². The van der Waals surface area contributed by atoms with Gasteiger partial charge in [0.15, 0.2) is 0 Å². The third kappa shape index (κ3) is 2.57. The second-order valence-electron chi connectivity index (χ2n) is 6.02. The maximum Gasteiger partial charge on any atom is 0.0821 e. The minimum atomic E-state index is -0.329. The highest BCUT2D eigenvalue weighted by atomic mass is 16.3. The highest BCUT2D eigenvalue weighted by molar-refractivity contribution is 5.79. The molecule has 1 aliphatic rings. The molecule has 1 N–H and O–H groups in total. The molecule has 106 valence electrons. The van der Waals surface area contributed by atoms with Crippen molar-refractivity contribution < 1.29 is 5.11 Å². The number of rotatable bonds is 3. The maximum atomic E-state index is 10.8. The SMILES string of the molecule is CCC1CCCCC1C(O)c1ccc2ncccc2c1. The molecule has 0 spiro atoms. The number of aromatic nitrogens is 1. The van der Waals surface area contributed by atoms with Crippen LogP contribution in [0.4, 0.5) is 0 Å². The topological polar surface area (TPSA) is 33.1 Å². The lowest BCUT2D eigenvalue weighted by Crippen LogP contribution is -2.25. The van der Waals surface area contributed by atoms with Gasteiger partial charge in [-0.2, -0.15) is 0 Å². The van der Waals surface area contributed by atoms with Crippen molar-refractivity contribution in [2.75, 3.05) is 0 Å². The molecule has 1 aromatic heterocycles. The van der Waals surface area contributed by atoms with Crippen LogP contribution in [0.15, 0.2) is 36.5 Å². The van der Waals surface area contributed by atoms with Crippen molar-refractivity contribution in [3.63, 3.8) is 0 Å². The standard InChI is InChI=1S/C18H23NO/c1-2-13-6-3-4-8-16(13)18(20)15-9-10-17-14(12-15)7-5-11-19-17/h5,7,9-13,16,18,20H,2-4,6,8H2,1H3. The molecular weight excluding hydrogens is 246 g/mol. The van der Waals surface area contributed by atoms with Crippen molar-refractivity contribution >= 4 is 10.9 Å². The van der Waals surface area contributed by atoms with Gasteiger partial charge in [0.05, 0.1) is 11.6 Å². The fourth-order valence-corrected chi connectivity index (χ4v) is 3.68. The summed E-state index contributed by atoms with van der Waals surface area (Å²) in [5.74, 6) is 1.09. The Hall–Kier alpha value is -1.41. The van der Waals surface area contributed by atoms with Gasteiger partial charge in [-0.05, 0) is 42.0 Å². The van der Waals surface area contributed by atoms with Crippen molar-refractivity contribution in [3.05, 3.63) is 42.1 Å². The summed E-state index contributed by atoms with van der Waals surface area (Å²) in [5.41, 5.74) is 2.05. The molecular formula is C18H23NO. The third-order valence-corrected chi connectivity index (χ3v) is 4.87. The summed E-state index contributed by atoms with van der Waals surface area (Å²) in [6, 6.07) is 10.2. The first-order chi connectivity index (χ1) is 9.79. The molecule has 20 heavy (non-hydrogen) atoms. The summed E-state index contributed by atoms with van der Waals surface area (Å²) < 4.78 is 0. The highest BCUT2D eigenvalue weighted by Crippen LogP contribution is 2.40. The fourth-order valence-electron chi connectivity index (χ4n) is 3.68. The van der Waals surface area contributed by atoms with Gasteiger partial charge in [0.25, 0.3) is 0 Å². The Labute approximate surface area is 120 Å². The Morgan fingerprint density at radius 3 is 2.95 bits per heavy atom. The Balaban J connectivity index is 1.89. The molecule has 3 unspecified atom stereocenters. The van der Waals surface area contributed by atoms with Crippen molar-refractivity contribution in [2.24, 2.45) is 11.8 Å². The molecule has 1 fully saturated rings. The quantitative estimate of drug-likeness (QED) is 0.891. The predicted molar refractivity (Wildman–Crippen MR) is 82.4 cm³/mol. The van der Waals surface area contributed by atoms with Crippen LogP contribution >= 0.6 is 0 Å².